The Bertz CT molecular complexity index is 659. The minimum atomic E-state index is 0.130. The Morgan fingerprint density at radius 3 is 2.88 bits per heavy atom. The van der Waals surface area contributed by atoms with Gasteiger partial charge in [0.15, 0.2) is 0 Å². The highest BCUT2D eigenvalue weighted by Gasteiger charge is 2.15. The summed E-state index contributed by atoms with van der Waals surface area (Å²) in [4.78, 5) is 16.4. The second-order valence-corrected chi connectivity index (χ2v) is 6.68. The summed E-state index contributed by atoms with van der Waals surface area (Å²) in [7, 11) is 1.90. The fourth-order valence-corrected chi connectivity index (χ4v) is 3.46. The van der Waals surface area contributed by atoms with Crippen LogP contribution in [0.4, 0.5) is 0 Å². The van der Waals surface area contributed by atoms with Crippen molar-refractivity contribution in [1.29, 1.82) is 0 Å². The zero-order chi connectivity index (χ0) is 16.8. The molecule has 0 spiro atoms. The van der Waals surface area contributed by atoms with E-state index in [9.17, 15) is 4.79 Å². The molecule has 0 aromatic carbocycles. The van der Waals surface area contributed by atoms with Crippen LogP contribution in [0.1, 0.15) is 50.6 Å². The van der Waals surface area contributed by atoms with E-state index in [-0.39, 0.29) is 5.91 Å². The fraction of sp³-hybridized carbons (Fsp3) is 0.526. The number of carbonyl (C=O) groups is 1. The molecule has 1 fully saturated rings. The van der Waals surface area contributed by atoms with Crippen LogP contribution in [0.15, 0.2) is 30.5 Å². The first-order valence-corrected chi connectivity index (χ1v) is 8.93. The lowest BCUT2D eigenvalue weighted by Crippen LogP contribution is -2.23. The average Bonchev–Trinajstić information content (AvgIpc) is 3.00. The topological polar surface area (TPSA) is 59.8 Å². The number of nitrogens with one attached hydrogen (secondary N) is 1. The highest BCUT2D eigenvalue weighted by atomic mass is 16.1. The molecule has 2 aromatic heterocycles. The van der Waals surface area contributed by atoms with Crippen molar-refractivity contribution in [1.82, 2.24) is 20.1 Å². The molecule has 1 N–H and O–H groups in total. The van der Waals surface area contributed by atoms with Gasteiger partial charge in [0, 0.05) is 19.7 Å². The van der Waals surface area contributed by atoms with Crippen molar-refractivity contribution >= 4 is 5.91 Å². The number of pyridine rings is 1. The summed E-state index contributed by atoms with van der Waals surface area (Å²) in [5, 5.41) is 7.47. The fourth-order valence-electron chi connectivity index (χ4n) is 3.46. The third-order valence-corrected chi connectivity index (χ3v) is 4.83. The normalized spacial score (nSPS) is 15.4. The number of aromatic nitrogens is 3. The monoisotopic (exact) mass is 326 g/mol. The number of aryl methyl sites for hydroxylation is 1. The lowest BCUT2D eigenvalue weighted by atomic mass is 9.86. The zero-order valence-corrected chi connectivity index (χ0v) is 14.4. The summed E-state index contributed by atoms with van der Waals surface area (Å²) in [5.41, 5.74) is 2.72. The van der Waals surface area contributed by atoms with Gasteiger partial charge in [0.25, 0.3) is 0 Å². The highest BCUT2D eigenvalue weighted by Crippen LogP contribution is 2.27. The Morgan fingerprint density at radius 2 is 2.12 bits per heavy atom. The van der Waals surface area contributed by atoms with Crippen molar-refractivity contribution < 1.29 is 4.79 Å². The van der Waals surface area contributed by atoms with Gasteiger partial charge in [-0.05, 0) is 30.5 Å². The third-order valence-electron chi connectivity index (χ3n) is 4.83. The Labute approximate surface area is 143 Å². The lowest BCUT2D eigenvalue weighted by molar-refractivity contribution is -0.121. The van der Waals surface area contributed by atoms with Crippen LogP contribution in [-0.4, -0.2) is 20.7 Å². The summed E-state index contributed by atoms with van der Waals surface area (Å²) in [5.74, 6) is 0.876. The third kappa shape index (κ3) is 4.43. The molecule has 128 valence electrons. The maximum Gasteiger partial charge on any atom is 0.220 e. The van der Waals surface area contributed by atoms with E-state index in [4.69, 9.17) is 0 Å². The predicted molar refractivity (Wildman–Crippen MR) is 94.1 cm³/mol. The zero-order valence-electron chi connectivity index (χ0n) is 14.4. The molecule has 2 aromatic rings. The first kappa shape index (κ1) is 16.7. The summed E-state index contributed by atoms with van der Waals surface area (Å²) in [6.45, 7) is 0.476. The van der Waals surface area contributed by atoms with Crippen molar-refractivity contribution in [3.8, 4) is 11.4 Å². The van der Waals surface area contributed by atoms with Crippen LogP contribution in [0.2, 0.25) is 0 Å². The molecule has 1 saturated carbocycles. The number of hydrogen-bond acceptors (Lipinski definition) is 3. The second-order valence-electron chi connectivity index (χ2n) is 6.68. The molecule has 0 atom stereocenters. The van der Waals surface area contributed by atoms with Crippen LogP contribution in [0.3, 0.4) is 0 Å². The van der Waals surface area contributed by atoms with Gasteiger partial charge in [-0.1, -0.05) is 38.2 Å². The minimum Gasteiger partial charge on any atom is -0.350 e. The van der Waals surface area contributed by atoms with E-state index in [0.717, 1.165) is 29.4 Å². The molecule has 5 heteroatoms. The first-order valence-electron chi connectivity index (χ1n) is 8.93. The number of rotatable bonds is 6. The molecule has 2 heterocycles. The summed E-state index contributed by atoms with van der Waals surface area (Å²) in [6.07, 6.45) is 10.0. The molecule has 0 unspecified atom stereocenters. The van der Waals surface area contributed by atoms with Crippen LogP contribution in [0.5, 0.6) is 0 Å². The predicted octanol–water partition coefficient (Wildman–Crippen LogP) is 3.46. The largest absolute Gasteiger partial charge is 0.350 e. The van der Waals surface area contributed by atoms with Crippen LogP contribution in [-0.2, 0) is 18.4 Å². The van der Waals surface area contributed by atoms with Gasteiger partial charge in [-0.2, -0.15) is 5.10 Å². The number of carbonyl (C=O) groups excluding carboxylic acids is 1. The second kappa shape index (κ2) is 8.08. The van der Waals surface area contributed by atoms with Gasteiger partial charge >= 0.3 is 0 Å². The number of amides is 1. The minimum absolute atomic E-state index is 0.130. The van der Waals surface area contributed by atoms with Crippen LogP contribution in [0, 0.1) is 5.92 Å². The van der Waals surface area contributed by atoms with Crippen molar-refractivity contribution in [2.75, 3.05) is 0 Å². The molecule has 0 saturated heterocycles. The Kier molecular flexibility index (Phi) is 5.62. The van der Waals surface area contributed by atoms with E-state index in [0.29, 0.717) is 13.0 Å². The van der Waals surface area contributed by atoms with Gasteiger partial charge < -0.3 is 5.32 Å². The average molecular weight is 326 g/mol. The van der Waals surface area contributed by atoms with Crippen molar-refractivity contribution in [3.63, 3.8) is 0 Å². The molecule has 3 rings (SSSR count). The molecular formula is C19H26N4O. The van der Waals surface area contributed by atoms with Gasteiger partial charge in [-0.25, -0.2) is 0 Å². The molecule has 1 amide bonds. The summed E-state index contributed by atoms with van der Waals surface area (Å²) >= 11 is 0. The maximum atomic E-state index is 12.1. The molecule has 0 bridgehead atoms. The maximum absolute atomic E-state index is 12.1. The van der Waals surface area contributed by atoms with Gasteiger partial charge in [-0.3, -0.25) is 14.5 Å². The molecule has 0 aliphatic heterocycles. The smallest absolute Gasteiger partial charge is 0.220 e. The highest BCUT2D eigenvalue weighted by molar-refractivity contribution is 5.75. The van der Waals surface area contributed by atoms with E-state index in [1.54, 1.807) is 6.20 Å². The van der Waals surface area contributed by atoms with Crippen LogP contribution < -0.4 is 5.32 Å². The van der Waals surface area contributed by atoms with E-state index < -0.39 is 0 Å². The Hall–Kier alpha value is -2.17. The van der Waals surface area contributed by atoms with E-state index in [2.05, 4.69) is 15.4 Å². The Morgan fingerprint density at radius 1 is 1.29 bits per heavy atom. The van der Waals surface area contributed by atoms with E-state index in [1.165, 1.54) is 32.1 Å². The standard InChI is InChI=1S/C19H26N4O/c1-23-18(17-9-5-6-12-20-17)13-16(22-23)14-21-19(24)11-10-15-7-3-2-4-8-15/h5-6,9,12-13,15H,2-4,7-8,10-11,14H2,1H3,(H,21,24). The SMILES string of the molecule is Cn1nc(CNC(=O)CCC2CCCCC2)cc1-c1ccccn1. The van der Waals surface area contributed by atoms with Gasteiger partial charge in [-0.15, -0.1) is 0 Å². The van der Waals surface area contributed by atoms with Crippen molar-refractivity contribution in [2.45, 2.75) is 51.5 Å². The molecule has 1 aliphatic rings. The van der Waals surface area contributed by atoms with Crippen molar-refractivity contribution in [3.05, 3.63) is 36.2 Å². The summed E-state index contributed by atoms with van der Waals surface area (Å²) < 4.78 is 1.81. The molecule has 0 radical (unpaired) electrons. The number of nitrogens with zero attached hydrogens (tertiary/aromatic N) is 3. The molecule has 24 heavy (non-hydrogen) atoms. The van der Waals surface area contributed by atoms with E-state index >= 15 is 0 Å². The van der Waals surface area contributed by atoms with Gasteiger partial charge in [0.05, 0.1) is 23.6 Å². The van der Waals surface area contributed by atoms with Crippen LogP contribution in [0.25, 0.3) is 11.4 Å². The quantitative estimate of drug-likeness (QED) is 0.884. The lowest BCUT2D eigenvalue weighted by Gasteiger charge is -2.20. The molecule has 5 nitrogen and oxygen atoms in total. The van der Waals surface area contributed by atoms with Gasteiger partial charge in [0.1, 0.15) is 0 Å². The number of hydrogen-bond donors (Lipinski definition) is 1. The Balaban J connectivity index is 1.49. The molecule has 1 aliphatic carbocycles. The first-order chi connectivity index (χ1) is 11.7. The summed E-state index contributed by atoms with van der Waals surface area (Å²) in [6, 6.07) is 7.81. The molecular weight excluding hydrogens is 300 g/mol. The van der Waals surface area contributed by atoms with Crippen LogP contribution >= 0.6 is 0 Å². The van der Waals surface area contributed by atoms with E-state index in [1.807, 2.05) is 36.0 Å². The van der Waals surface area contributed by atoms with Crippen molar-refractivity contribution in [2.24, 2.45) is 13.0 Å². The van der Waals surface area contributed by atoms with Gasteiger partial charge in [0.2, 0.25) is 5.91 Å².